The topological polar surface area (TPSA) is 88.1 Å². The largest absolute Gasteiger partial charge is 0.466 e. The molecule has 3 aliphatic rings. The number of esters is 3. The number of hydrogen-bond acceptors (Lipinski definition) is 7. The smallest absolute Gasteiger partial charge is 0.432 e. The number of carbonyl (C=O) groups is 3. The molecular weight excluding hydrogens is 517 g/mol. The Hall–Kier alpha value is -3.40. The SMILES string of the molecule is CCOC(=O)C[C@H]1C2C3(c4ccc(COC(=O)[C@](OC)(c5ccccc5)C(F)(F)F)cc4)[C@H](C(=O)OCC)[C@]213. The van der Waals surface area contributed by atoms with Gasteiger partial charge in [-0.05, 0) is 36.8 Å². The normalized spacial score (nSPS) is 29.2. The van der Waals surface area contributed by atoms with Crippen LogP contribution in [0.15, 0.2) is 54.6 Å². The molecule has 5 rings (SSSR count). The summed E-state index contributed by atoms with van der Waals surface area (Å²) in [5, 5.41) is 0. The van der Waals surface area contributed by atoms with E-state index in [2.05, 4.69) is 0 Å². The first-order valence-electron chi connectivity index (χ1n) is 12.8. The fourth-order valence-electron chi connectivity index (χ4n) is 7.01. The van der Waals surface area contributed by atoms with E-state index in [1.807, 2.05) is 0 Å². The van der Waals surface area contributed by atoms with Crippen molar-refractivity contribution in [3.63, 3.8) is 0 Å². The molecule has 0 N–H and O–H groups in total. The van der Waals surface area contributed by atoms with Crippen LogP contribution in [0.1, 0.15) is 37.0 Å². The third-order valence-corrected chi connectivity index (χ3v) is 8.58. The zero-order chi connectivity index (χ0) is 28.2. The second kappa shape index (κ2) is 9.36. The van der Waals surface area contributed by atoms with Crippen molar-refractivity contribution in [2.45, 2.75) is 44.1 Å². The Morgan fingerprint density at radius 2 is 1.54 bits per heavy atom. The van der Waals surface area contributed by atoms with Crippen LogP contribution in [0.2, 0.25) is 0 Å². The summed E-state index contributed by atoms with van der Waals surface area (Å²) >= 11 is 0. The molecule has 0 bridgehead atoms. The molecule has 2 aromatic rings. The molecule has 6 atom stereocenters. The summed E-state index contributed by atoms with van der Waals surface area (Å²) in [7, 11) is 0.817. The van der Waals surface area contributed by atoms with Crippen molar-refractivity contribution in [3.05, 3.63) is 71.3 Å². The molecule has 1 spiro atoms. The third-order valence-electron chi connectivity index (χ3n) is 8.58. The van der Waals surface area contributed by atoms with Gasteiger partial charge < -0.3 is 18.9 Å². The van der Waals surface area contributed by atoms with Crippen LogP contribution in [0.3, 0.4) is 0 Å². The number of fused-ring (bicyclic) bond motifs is 1. The number of hydrogen-bond donors (Lipinski definition) is 0. The number of methoxy groups -OCH3 is 1. The lowest BCUT2D eigenvalue weighted by Gasteiger charge is -2.32. The molecule has 2 unspecified atom stereocenters. The van der Waals surface area contributed by atoms with Gasteiger partial charge in [0.1, 0.15) is 6.61 Å². The highest BCUT2D eigenvalue weighted by Crippen LogP contribution is 3.11. The number of ether oxygens (including phenoxy) is 4. The molecule has 3 fully saturated rings. The molecule has 0 heterocycles. The molecule has 39 heavy (non-hydrogen) atoms. The number of halogens is 3. The van der Waals surface area contributed by atoms with Gasteiger partial charge in [0.25, 0.3) is 5.60 Å². The van der Waals surface area contributed by atoms with E-state index in [-0.39, 0.29) is 59.1 Å². The molecule has 3 aliphatic carbocycles. The van der Waals surface area contributed by atoms with E-state index in [1.54, 1.807) is 38.1 Å². The Morgan fingerprint density at radius 3 is 2.10 bits per heavy atom. The molecule has 0 aromatic heterocycles. The molecule has 3 saturated carbocycles. The van der Waals surface area contributed by atoms with Gasteiger partial charge in [0.2, 0.25) is 0 Å². The third kappa shape index (κ3) is 3.63. The second-order valence-electron chi connectivity index (χ2n) is 10.1. The quantitative estimate of drug-likeness (QED) is 0.304. The summed E-state index contributed by atoms with van der Waals surface area (Å²) < 4.78 is 62.5. The van der Waals surface area contributed by atoms with Gasteiger partial charge in [-0.15, -0.1) is 0 Å². The summed E-state index contributed by atoms with van der Waals surface area (Å²) in [5.74, 6) is -2.23. The van der Waals surface area contributed by atoms with Crippen LogP contribution in [0.4, 0.5) is 13.2 Å². The summed E-state index contributed by atoms with van der Waals surface area (Å²) in [6.07, 6.45) is -4.80. The van der Waals surface area contributed by atoms with Gasteiger partial charge in [0.05, 0.1) is 19.1 Å². The molecule has 208 valence electrons. The van der Waals surface area contributed by atoms with Gasteiger partial charge in [0, 0.05) is 29.9 Å². The van der Waals surface area contributed by atoms with Gasteiger partial charge >= 0.3 is 24.1 Å². The molecule has 0 radical (unpaired) electrons. The standard InChI is InChI=1S/C29H29F3O7/c1-4-37-21(33)15-20-22-26(23(27(20,22)26)24(34)38-5-2)18-13-11-17(12-14-18)16-39-25(35)28(36-3,29(30,31)32)19-9-7-6-8-10-19/h6-14,20,22-23H,4-5,15-16H2,1-3H3/t20-,22?,23-,26?,27+,28+/m0/s1. The molecule has 10 heteroatoms. The average Bonchev–Trinajstić information content (AvgIpc) is 3.82. The van der Waals surface area contributed by atoms with E-state index in [0.717, 1.165) is 24.8 Å². The van der Waals surface area contributed by atoms with Gasteiger partial charge in [-0.1, -0.05) is 54.6 Å². The van der Waals surface area contributed by atoms with Gasteiger partial charge in [-0.3, -0.25) is 9.59 Å². The van der Waals surface area contributed by atoms with Crippen molar-refractivity contribution in [1.29, 1.82) is 0 Å². The van der Waals surface area contributed by atoms with E-state index < -0.39 is 24.4 Å². The minimum atomic E-state index is -5.06. The predicted molar refractivity (Wildman–Crippen MR) is 130 cm³/mol. The fourth-order valence-corrected chi connectivity index (χ4v) is 7.01. The van der Waals surface area contributed by atoms with Crippen LogP contribution >= 0.6 is 0 Å². The first kappa shape index (κ1) is 27.2. The van der Waals surface area contributed by atoms with Crippen molar-refractivity contribution in [3.8, 4) is 0 Å². The van der Waals surface area contributed by atoms with Crippen LogP contribution in [0.25, 0.3) is 0 Å². The van der Waals surface area contributed by atoms with Crippen LogP contribution in [0.5, 0.6) is 0 Å². The Balaban J connectivity index is 1.29. The molecular formula is C29H29F3O7. The summed E-state index contributed by atoms with van der Waals surface area (Å²) in [5.41, 5.74) is -2.95. The number of benzene rings is 2. The monoisotopic (exact) mass is 546 g/mol. The predicted octanol–water partition coefficient (Wildman–Crippen LogP) is 4.46. The van der Waals surface area contributed by atoms with Gasteiger partial charge in [0.15, 0.2) is 0 Å². The van der Waals surface area contributed by atoms with E-state index in [1.165, 1.54) is 18.2 Å². The number of alkyl halides is 3. The minimum absolute atomic E-state index is 0.0640. The number of rotatable bonds is 11. The fraction of sp³-hybridized carbons (Fsp3) is 0.483. The zero-order valence-electron chi connectivity index (χ0n) is 21.7. The Morgan fingerprint density at radius 1 is 0.897 bits per heavy atom. The van der Waals surface area contributed by atoms with Crippen molar-refractivity contribution < 1.29 is 46.5 Å². The zero-order valence-corrected chi connectivity index (χ0v) is 21.7. The van der Waals surface area contributed by atoms with Crippen LogP contribution in [-0.4, -0.2) is 44.4 Å². The number of carbonyl (C=O) groups excluding carboxylic acids is 3. The lowest BCUT2D eigenvalue weighted by atomic mass is 9.89. The van der Waals surface area contributed by atoms with Gasteiger partial charge in [-0.25, -0.2) is 4.79 Å². The highest BCUT2D eigenvalue weighted by molar-refractivity contribution is 5.93. The molecule has 7 nitrogen and oxygen atoms in total. The molecule has 0 amide bonds. The van der Waals surface area contributed by atoms with E-state index in [4.69, 9.17) is 18.9 Å². The van der Waals surface area contributed by atoms with Crippen molar-refractivity contribution >= 4 is 17.9 Å². The maximum atomic E-state index is 14.1. The lowest BCUT2D eigenvalue weighted by Crippen LogP contribution is -2.51. The Bertz CT molecular complexity index is 1280. The second-order valence-corrected chi connectivity index (χ2v) is 10.1. The van der Waals surface area contributed by atoms with Crippen LogP contribution in [0, 0.1) is 23.2 Å². The van der Waals surface area contributed by atoms with E-state index in [9.17, 15) is 27.6 Å². The summed E-state index contributed by atoms with van der Waals surface area (Å²) in [4.78, 5) is 37.5. The van der Waals surface area contributed by atoms with Crippen molar-refractivity contribution in [2.24, 2.45) is 23.2 Å². The first-order valence-corrected chi connectivity index (χ1v) is 12.8. The van der Waals surface area contributed by atoms with E-state index in [0.29, 0.717) is 12.2 Å². The maximum Gasteiger partial charge on any atom is 0.432 e. The Labute approximate surface area is 223 Å². The van der Waals surface area contributed by atoms with Crippen LogP contribution < -0.4 is 0 Å². The highest BCUT2D eigenvalue weighted by Gasteiger charge is 3.14. The van der Waals surface area contributed by atoms with Crippen LogP contribution in [-0.2, 0) is 51.0 Å². The molecule has 0 saturated heterocycles. The van der Waals surface area contributed by atoms with Crippen molar-refractivity contribution in [2.75, 3.05) is 20.3 Å². The molecule has 2 aromatic carbocycles. The highest BCUT2D eigenvalue weighted by atomic mass is 19.4. The summed E-state index contributed by atoms with van der Waals surface area (Å²) in [6, 6.07) is 13.5. The Kier molecular flexibility index (Phi) is 6.52. The average molecular weight is 547 g/mol. The first-order chi connectivity index (χ1) is 18.6. The van der Waals surface area contributed by atoms with Crippen molar-refractivity contribution in [1.82, 2.24) is 0 Å². The maximum absolute atomic E-state index is 14.1. The van der Waals surface area contributed by atoms with Gasteiger partial charge in [-0.2, -0.15) is 13.2 Å². The minimum Gasteiger partial charge on any atom is -0.466 e. The molecule has 0 aliphatic heterocycles. The summed E-state index contributed by atoms with van der Waals surface area (Å²) in [6.45, 7) is 3.62. The lowest BCUT2D eigenvalue weighted by molar-refractivity contribution is -0.276. The van der Waals surface area contributed by atoms with E-state index >= 15 is 0 Å².